The van der Waals surface area contributed by atoms with Crippen LogP contribution in [0, 0.1) is 5.92 Å². The maximum Gasteiger partial charge on any atom is 0.149 e. The van der Waals surface area contributed by atoms with Gasteiger partial charge in [-0.15, -0.1) is 0 Å². The minimum Gasteiger partial charge on any atom is -0.411 e. The van der Waals surface area contributed by atoms with Gasteiger partial charge in [-0.2, -0.15) is 0 Å². The van der Waals surface area contributed by atoms with Crippen molar-refractivity contribution in [3.63, 3.8) is 0 Å². The van der Waals surface area contributed by atoms with Gasteiger partial charge in [-0.3, -0.25) is 4.79 Å². The van der Waals surface area contributed by atoms with Crippen LogP contribution in [0.1, 0.15) is 97.3 Å². The van der Waals surface area contributed by atoms with E-state index in [2.05, 4.69) is 15.8 Å². The Morgan fingerprint density at radius 1 is 0.897 bits per heavy atom. The number of carbonyl (C=O) groups is 1. The summed E-state index contributed by atoms with van der Waals surface area (Å²) >= 11 is 0. The first-order valence-corrected chi connectivity index (χ1v) is 11.9. The molecule has 0 bridgehead atoms. The number of hydrogen-bond donors (Lipinski definition) is 4. The van der Waals surface area contributed by atoms with E-state index in [-0.39, 0.29) is 11.1 Å². The molecule has 29 heavy (non-hydrogen) atoms. The Labute approximate surface area is 177 Å². The topological polar surface area (TPSA) is 99.7 Å². The second-order valence-corrected chi connectivity index (χ2v) is 9.40. The molecule has 6 heteroatoms. The summed E-state index contributed by atoms with van der Waals surface area (Å²) < 4.78 is 0. The Bertz CT molecular complexity index is 523. The molecular formula is C23H44N4O2. The van der Waals surface area contributed by atoms with E-state index in [4.69, 9.17) is 5.73 Å². The zero-order chi connectivity index (χ0) is 21.2. The SMILES string of the molecule is CC(=O)C1(NCCC(CCN)CCNC2(/C(C)=N/O)CCCCC2)CCCCC1. The normalized spacial score (nSPS) is 22.9. The van der Waals surface area contributed by atoms with Crippen molar-refractivity contribution in [3.05, 3.63) is 0 Å². The lowest BCUT2D eigenvalue weighted by atomic mass is 9.78. The quantitative estimate of drug-likeness (QED) is 0.224. The molecule has 0 spiro atoms. The van der Waals surface area contributed by atoms with E-state index in [0.29, 0.717) is 18.2 Å². The Morgan fingerprint density at radius 2 is 1.38 bits per heavy atom. The highest BCUT2D eigenvalue weighted by Gasteiger charge is 2.36. The van der Waals surface area contributed by atoms with E-state index in [1.807, 2.05) is 6.92 Å². The summed E-state index contributed by atoms with van der Waals surface area (Å²) in [6.07, 6.45) is 14.4. The number of oxime groups is 1. The van der Waals surface area contributed by atoms with Gasteiger partial charge < -0.3 is 21.6 Å². The summed E-state index contributed by atoms with van der Waals surface area (Å²) in [5, 5.41) is 20.3. The van der Waals surface area contributed by atoms with Crippen molar-refractivity contribution in [2.24, 2.45) is 16.8 Å². The van der Waals surface area contributed by atoms with Crippen molar-refractivity contribution in [1.29, 1.82) is 0 Å². The Balaban J connectivity index is 1.83. The molecule has 0 radical (unpaired) electrons. The minimum absolute atomic E-state index is 0.140. The third-order valence-electron chi connectivity index (χ3n) is 7.54. The molecule has 6 nitrogen and oxygen atoms in total. The molecule has 2 rings (SSSR count). The monoisotopic (exact) mass is 408 g/mol. The Hall–Kier alpha value is -0.980. The average Bonchev–Trinajstić information content (AvgIpc) is 2.74. The molecule has 0 saturated heterocycles. The molecule has 168 valence electrons. The van der Waals surface area contributed by atoms with Crippen LogP contribution in [0.3, 0.4) is 0 Å². The van der Waals surface area contributed by atoms with Crippen molar-refractivity contribution in [2.45, 2.75) is 108 Å². The van der Waals surface area contributed by atoms with Gasteiger partial charge in [0.05, 0.1) is 16.8 Å². The molecule has 0 aromatic carbocycles. The summed E-state index contributed by atoms with van der Waals surface area (Å²) in [6, 6.07) is 0. The lowest BCUT2D eigenvalue weighted by Crippen LogP contribution is -2.53. The third kappa shape index (κ3) is 6.76. The predicted molar refractivity (Wildman–Crippen MR) is 120 cm³/mol. The largest absolute Gasteiger partial charge is 0.411 e. The van der Waals surface area contributed by atoms with Gasteiger partial charge in [0.15, 0.2) is 0 Å². The van der Waals surface area contributed by atoms with Crippen molar-refractivity contribution in [2.75, 3.05) is 19.6 Å². The fourth-order valence-electron chi connectivity index (χ4n) is 5.43. The Morgan fingerprint density at radius 3 is 1.83 bits per heavy atom. The van der Waals surface area contributed by atoms with E-state index in [0.717, 1.165) is 76.6 Å². The van der Waals surface area contributed by atoms with Crippen LogP contribution in [-0.2, 0) is 4.79 Å². The lowest BCUT2D eigenvalue weighted by Gasteiger charge is -2.38. The van der Waals surface area contributed by atoms with Gasteiger partial charge in [0.1, 0.15) is 5.78 Å². The molecule has 0 aromatic rings. The number of nitrogens with two attached hydrogens (primary N) is 1. The van der Waals surface area contributed by atoms with Gasteiger partial charge in [-0.1, -0.05) is 43.7 Å². The van der Waals surface area contributed by atoms with E-state index < -0.39 is 0 Å². The average molecular weight is 409 g/mol. The molecule has 1 unspecified atom stereocenters. The molecular weight excluding hydrogens is 364 g/mol. The Kier molecular flexibility index (Phi) is 10.1. The standard InChI is InChI=1S/C23H44N4O2/c1-19(27-29)22(12-5-3-6-13-22)25-17-10-21(9-16-24)11-18-26-23(20(2)28)14-7-4-8-15-23/h21,25-26,29H,3-18,24H2,1-2H3/b27-19+. The number of nitrogens with one attached hydrogen (secondary N) is 2. The van der Waals surface area contributed by atoms with E-state index in [1.54, 1.807) is 6.92 Å². The van der Waals surface area contributed by atoms with Crippen LogP contribution in [0.2, 0.25) is 0 Å². The smallest absolute Gasteiger partial charge is 0.149 e. The molecule has 0 aliphatic heterocycles. The maximum absolute atomic E-state index is 12.3. The molecule has 0 amide bonds. The van der Waals surface area contributed by atoms with Gasteiger partial charge in [0.2, 0.25) is 0 Å². The second-order valence-electron chi connectivity index (χ2n) is 9.40. The van der Waals surface area contributed by atoms with Crippen LogP contribution in [0.25, 0.3) is 0 Å². The zero-order valence-electron chi connectivity index (χ0n) is 18.8. The first-order chi connectivity index (χ1) is 14.0. The molecule has 5 N–H and O–H groups in total. The van der Waals surface area contributed by atoms with Gasteiger partial charge in [-0.05, 0) is 84.3 Å². The minimum atomic E-state index is -0.287. The number of rotatable bonds is 12. The van der Waals surface area contributed by atoms with Crippen LogP contribution in [-0.4, -0.2) is 47.4 Å². The molecule has 0 heterocycles. The number of hydrogen-bond acceptors (Lipinski definition) is 6. The summed E-state index contributed by atoms with van der Waals surface area (Å²) in [5.74, 6) is 0.840. The molecule has 2 aliphatic rings. The fraction of sp³-hybridized carbons (Fsp3) is 0.913. The highest BCUT2D eigenvalue weighted by molar-refractivity contribution is 5.91. The summed E-state index contributed by atoms with van der Waals surface area (Å²) in [4.78, 5) is 12.3. The molecule has 0 aromatic heterocycles. The highest BCUT2D eigenvalue weighted by Crippen LogP contribution is 2.31. The van der Waals surface area contributed by atoms with E-state index in [9.17, 15) is 10.0 Å². The second kappa shape index (κ2) is 12.0. The zero-order valence-corrected chi connectivity index (χ0v) is 18.8. The maximum atomic E-state index is 12.3. The van der Waals surface area contributed by atoms with Crippen molar-refractivity contribution in [3.8, 4) is 0 Å². The number of carbonyl (C=O) groups excluding carboxylic acids is 1. The van der Waals surface area contributed by atoms with Crippen molar-refractivity contribution >= 4 is 11.5 Å². The van der Waals surface area contributed by atoms with Crippen LogP contribution in [0.4, 0.5) is 0 Å². The van der Waals surface area contributed by atoms with Gasteiger partial charge in [0, 0.05) is 0 Å². The number of Topliss-reactive ketones (excluding diaryl/α,β-unsaturated/α-hetero) is 1. The summed E-state index contributed by atoms with van der Waals surface area (Å²) in [5.41, 5.74) is 6.27. The molecule has 2 saturated carbocycles. The van der Waals surface area contributed by atoms with Crippen LogP contribution in [0.15, 0.2) is 5.16 Å². The van der Waals surface area contributed by atoms with Crippen molar-refractivity contribution < 1.29 is 10.0 Å². The van der Waals surface area contributed by atoms with Gasteiger partial charge >= 0.3 is 0 Å². The molecule has 2 aliphatic carbocycles. The third-order valence-corrected chi connectivity index (χ3v) is 7.54. The molecule has 2 fully saturated rings. The van der Waals surface area contributed by atoms with E-state index >= 15 is 0 Å². The van der Waals surface area contributed by atoms with Crippen LogP contribution in [0.5, 0.6) is 0 Å². The van der Waals surface area contributed by atoms with Crippen LogP contribution < -0.4 is 16.4 Å². The number of nitrogens with zero attached hydrogens (tertiary/aromatic N) is 1. The molecule has 1 atom stereocenters. The first-order valence-electron chi connectivity index (χ1n) is 11.9. The first kappa shape index (κ1) is 24.3. The predicted octanol–water partition coefficient (Wildman–Crippen LogP) is 3.76. The van der Waals surface area contributed by atoms with Crippen LogP contribution >= 0.6 is 0 Å². The van der Waals surface area contributed by atoms with Gasteiger partial charge in [-0.25, -0.2) is 0 Å². The van der Waals surface area contributed by atoms with E-state index in [1.165, 1.54) is 25.7 Å². The van der Waals surface area contributed by atoms with Crippen molar-refractivity contribution in [1.82, 2.24) is 10.6 Å². The fourth-order valence-corrected chi connectivity index (χ4v) is 5.43. The lowest BCUT2D eigenvalue weighted by molar-refractivity contribution is -0.124. The number of ketones is 1. The summed E-state index contributed by atoms with van der Waals surface area (Å²) in [7, 11) is 0. The van der Waals surface area contributed by atoms with Gasteiger partial charge in [0.25, 0.3) is 0 Å². The highest BCUT2D eigenvalue weighted by atomic mass is 16.4. The summed E-state index contributed by atoms with van der Waals surface area (Å²) in [6.45, 7) is 6.17.